The summed E-state index contributed by atoms with van der Waals surface area (Å²) < 4.78 is 27.4. The molecule has 0 bridgehead atoms. The van der Waals surface area contributed by atoms with Gasteiger partial charge in [-0.3, -0.25) is 4.79 Å². The van der Waals surface area contributed by atoms with Gasteiger partial charge < -0.3 is 15.3 Å². The van der Waals surface area contributed by atoms with E-state index in [0.29, 0.717) is 16.4 Å². The average Bonchev–Trinajstić information content (AvgIpc) is 3.35. The monoisotopic (exact) mass is 367 g/mol. The molecule has 2 heterocycles. The van der Waals surface area contributed by atoms with Gasteiger partial charge in [0.05, 0.1) is 4.70 Å². The van der Waals surface area contributed by atoms with Gasteiger partial charge in [0.15, 0.2) is 10.9 Å². The summed E-state index contributed by atoms with van der Waals surface area (Å²) >= 11 is 1.10. The number of halogens is 2. The quantitative estimate of drug-likeness (QED) is 0.816. The summed E-state index contributed by atoms with van der Waals surface area (Å²) in [5.41, 5.74) is 0.0929. The first-order valence-corrected chi connectivity index (χ1v) is 9.32. The van der Waals surface area contributed by atoms with Gasteiger partial charge >= 0.3 is 0 Å². The number of rotatable bonds is 4. The van der Waals surface area contributed by atoms with E-state index < -0.39 is 17.9 Å². The zero-order valence-corrected chi connectivity index (χ0v) is 14.4. The molecule has 4 rings (SSSR count). The van der Waals surface area contributed by atoms with Crippen LogP contribution in [0.15, 0.2) is 12.1 Å². The first-order valence-electron chi connectivity index (χ1n) is 8.50. The minimum absolute atomic E-state index is 0.0929. The van der Waals surface area contributed by atoms with Crippen LogP contribution in [0.3, 0.4) is 0 Å². The van der Waals surface area contributed by atoms with E-state index in [1.807, 2.05) is 4.90 Å². The van der Waals surface area contributed by atoms with Crippen molar-refractivity contribution in [1.29, 1.82) is 0 Å². The molecular formula is C17H19F2N3O2S. The fourth-order valence-electron chi connectivity index (χ4n) is 3.32. The molecule has 1 amide bonds. The second-order valence-electron chi connectivity index (χ2n) is 6.80. The minimum Gasteiger partial charge on any atom is -0.373 e. The molecule has 5 nitrogen and oxygen atoms in total. The lowest BCUT2D eigenvalue weighted by Crippen LogP contribution is -2.46. The van der Waals surface area contributed by atoms with Gasteiger partial charge in [0.25, 0.3) is 0 Å². The lowest BCUT2D eigenvalue weighted by atomic mass is 9.96. The third-order valence-electron chi connectivity index (χ3n) is 4.83. The maximum Gasteiger partial charge on any atom is 0.225 e. The number of likely N-dealkylation sites (tertiary alicyclic amines) is 1. The Morgan fingerprint density at radius 1 is 1.36 bits per heavy atom. The van der Waals surface area contributed by atoms with Crippen molar-refractivity contribution in [3.63, 3.8) is 0 Å². The van der Waals surface area contributed by atoms with E-state index in [1.165, 1.54) is 6.07 Å². The van der Waals surface area contributed by atoms with E-state index >= 15 is 0 Å². The van der Waals surface area contributed by atoms with E-state index in [0.717, 1.165) is 49.6 Å². The number of piperidine rings is 1. The molecule has 8 heteroatoms. The maximum atomic E-state index is 13.7. The summed E-state index contributed by atoms with van der Waals surface area (Å²) in [6.45, 7) is 1.25. The molecule has 1 aliphatic carbocycles. The number of hydrogen-bond donors (Lipinski definition) is 2. The molecule has 2 unspecified atom stereocenters. The molecular weight excluding hydrogens is 348 g/mol. The average molecular weight is 367 g/mol. The zero-order chi connectivity index (χ0) is 17.6. The highest BCUT2D eigenvalue weighted by molar-refractivity contribution is 7.22. The number of benzene rings is 1. The van der Waals surface area contributed by atoms with Crippen molar-refractivity contribution in [3.8, 4) is 0 Å². The van der Waals surface area contributed by atoms with Crippen LogP contribution in [0.4, 0.5) is 13.9 Å². The summed E-state index contributed by atoms with van der Waals surface area (Å²) in [6.07, 6.45) is 2.70. The molecule has 1 aliphatic heterocycles. The molecule has 2 aromatic rings. The number of aromatic nitrogens is 1. The fourth-order valence-corrected chi connectivity index (χ4v) is 4.26. The smallest absolute Gasteiger partial charge is 0.225 e. The van der Waals surface area contributed by atoms with E-state index in [1.54, 1.807) is 0 Å². The Balaban J connectivity index is 1.45. The Bertz CT molecular complexity index is 809. The Morgan fingerprint density at radius 2 is 2.16 bits per heavy atom. The van der Waals surface area contributed by atoms with Gasteiger partial charge in [0, 0.05) is 31.0 Å². The molecule has 1 saturated carbocycles. The largest absolute Gasteiger partial charge is 0.373 e. The van der Waals surface area contributed by atoms with Gasteiger partial charge in [-0.05, 0) is 31.7 Å². The number of nitrogens with one attached hydrogen (secondary N) is 1. The Kier molecular flexibility index (Phi) is 4.33. The Morgan fingerprint density at radius 3 is 2.92 bits per heavy atom. The normalized spacial score (nSPS) is 22.2. The number of fused-ring (bicyclic) bond motifs is 1. The molecule has 2 fully saturated rings. The van der Waals surface area contributed by atoms with Crippen molar-refractivity contribution < 1.29 is 18.7 Å². The number of nitrogens with zero attached hydrogens (tertiary/aromatic N) is 2. The predicted molar refractivity (Wildman–Crippen MR) is 91.2 cm³/mol. The van der Waals surface area contributed by atoms with Crippen molar-refractivity contribution in [2.45, 2.75) is 31.9 Å². The summed E-state index contributed by atoms with van der Waals surface area (Å²) in [5.74, 6) is -1.11. The number of carbonyl (C=O) groups is 1. The van der Waals surface area contributed by atoms with E-state index in [2.05, 4.69) is 10.3 Å². The van der Waals surface area contributed by atoms with Gasteiger partial charge in [0.2, 0.25) is 5.91 Å². The number of aliphatic hydroxyl groups is 1. The van der Waals surface area contributed by atoms with Crippen LogP contribution >= 0.6 is 11.3 Å². The summed E-state index contributed by atoms with van der Waals surface area (Å²) in [5, 5.41) is 13.7. The first-order chi connectivity index (χ1) is 12.0. The minimum atomic E-state index is -0.886. The molecule has 1 aromatic heterocycles. The molecule has 2 atom stereocenters. The number of anilines is 1. The van der Waals surface area contributed by atoms with Crippen LogP contribution in [0.1, 0.15) is 25.7 Å². The third kappa shape index (κ3) is 3.46. The zero-order valence-electron chi connectivity index (χ0n) is 13.5. The molecule has 2 aliphatic rings. The van der Waals surface area contributed by atoms with Crippen LogP contribution in [-0.2, 0) is 4.79 Å². The van der Waals surface area contributed by atoms with E-state index in [-0.39, 0.29) is 23.3 Å². The maximum absolute atomic E-state index is 13.7. The highest BCUT2D eigenvalue weighted by atomic mass is 32.1. The lowest BCUT2D eigenvalue weighted by Gasteiger charge is -2.35. The lowest BCUT2D eigenvalue weighted by molar-refractivity contribution is -0.135. The number of carbonyl (C=O) groups excluding carboxylic acids is 1. The molecule has 1 aromatic carbocycles. The predicted octanol–water partition coefficient (Wildman–Crippen LogP) is 2.95. The van der Waals surface area contributed by atoms with Gasteiger partial charge in [-0.15, -0.1) is 0 Å². The highest BCUT2D eigenvalue weighted by Crippen LogP contribution is 2.34. The van der Waals surface area contributed by atoms with Crippen molar-refractivity contribution in [2.24, 2.45) is 11.8 Å². The van der Waals surface area contributed by atoms with Crippen LogP contribution in [0, 0.1) is 23.5 Å². The van der Waals surface area contributed by atoms with Crippen molar-refractivity contribution >= 4 is 32.6 Å². The Hall–Kier alpha value is -1.80. The van der Waals surface area contributed by atoms with E-state index in [9.17, 15) is 18.7 Å². The van der Waals surface area contributed by atoms with Crippen LogP contribution in [0.25, 0.3) is 10.2 Å². The molecule has 0 spiro atoms. The van der Waals surface area contributed by atoms with Gasteiger partial charge in [-0.25, -0.2) is 13.8 Å². The third-order valence-corrected chi connectivity index (χ3v) is 5.76. The van der Waals surface area contributed by atoms with Crippen LogP contribution in [0.2, 0.25) is 0 Å². The summed E-state index contributed by atoms with van der Waals surface area (Å²) in [6, 6.07) is 2.02. The summed E-state index contributed by atoms with van der Waals surface area (Å²) in [4.78, 5) is 18.2. The van der Waals surface area contributed by atoms with Crippen LogP contribution < -0.4 is 5.32 Å². The molecule has 1 saturated heterocycles. The van der Waals surface area contributed by atoms with Crippen LogP contribution in [-0.4, -0.2) is 40.2 Å². The number of thiazole rings is 1. The van der Waals surface area contributed by atoms with Gasteiger partial charge in [-0.2, -0.15) is 0 Å². The van der Waals surface area contributed by atoms with Crippen molar-refractivity contribution in [1.82, 2.24) is 9.88 Å². The molecule has 25 heavy (non-hydrogen) atoms. The molecule has 0 radical (unpaired) electrons. The second-order valence-corrected chi connectivity index (χ2v) is 7.83. The SMILES string of the molecule is O=C(C1CC1)N1CCCC(C(O)Nc2nc3c(F)cc(F)cc3s2)C1. The molecule has 2 N–H and O–H groups in total. The van der Waals surface area contributed by atoms with Crippen molar-refractivity contribution in [3.05, 3.63) is 23.8 Å². The van der Waals surface area contributed by atoms with Gasteiger partial charge in [0.1, 0.15) is 17.6 Å². The second kappa shape index (κ2) is 6.49. The topological polar surface area (TPSA) is 65.5 Å². The van der Waals surface area contributed by atoms with Gasteiger partial charge in [-0.1, -0.05) is 11.3 Å². The van der Waals surface area contributed by atoms with Crippen LogP contribution in [0.5, 0.6) is 0 Å². The fraction of sp³-hybridized carbons (Fsp3) is 0.529. The number of amides is 1. The number of hydrogen-bond acceptors (Lipinski definition) is 5. The van der Waals surface area contributed by atoms with Crippen molar-refractivity contribution in [2.75, 3.05) is 18.4 Å². The highest BCUT2D eigenvalue weighted by Gasteiger charge is 2.36. The van der Waals surface area contributed by atoms with E-state index in [4.69, 9.17) is 0 Å². The summed E-state index contributed by atoms with van der Waals surface area (Å²) in [7, 11) is 0. The Labute approximate surface area is 147 Å². The first kappa shape index (κ1) is 16.7. The standard InChI is InChI=1S/C17H19F2N3O2S/c18-11-6-12(19)14-13(7-11)25-17(20-14)21-15(23)10-2-1-5-22(8-10)16(24)9-3-4-9/h6-7,9-10,15,23H,1-5,8H2,(H,20,21). The number of aliphatic hydroxyl groups excluding tert-OH is 1. The molecule has 134 valence electrons.